The van der Waals surface area contributed by atoms with Crippen molar-refractivity contribution in [2.45, 2.75) is 19.9 Å². The number of aromatic nitrogens is 4. The Morgan fingerprint density at radius 3 is 3.13 bits per heavy atom. The third-order valence-corrected chi connectivity index (χ3v) is 1.92. The van der Waals surface area contributed by atoms with Crippen molar-refractivity contribution in [2.75, 3.05) is 6.54 Å². The van der Waals surface area contributed by atoms with Crippen molar-refractivity contribution in [3.05, 3.63) is 18.3 Å². The molecule has 80 valence electrons. The molecule has 0 aromatic carbocycles. The minimum Gasteiger partial charge on any atom is -0.419 e. The average Bonchev–Trinajstić information content (AvgIpc) is 2.87. The Morgan fingerprint density at radius 1 is 1.47 bits per heavy atom. The van der Waals surface area contributed by atoms with Gasteiger partial charge in [0, 0.05) is 6.20 Å². The van der Waals surface area contributed by atoms with Crippen LogP contribution in [0.1, 0.15) is 19.2 Å². The van der Waals surface area contributed by atoms with Gasteiger partial charge < -0.3 is 9.73 Å². The summed E-state index contributed by atoms with van der Waals surface area (Å²) in [5.41, 5.74) is 0.809. The van der Waals surface area contributed by atoms with Gasteiger partial charge in [0.25, 0.3) is 5.89 Å². The quantitative estimate of drug-likeness (QED) is 0.714. The van der Waals surface area contributed by atoms with Gasteiger partial charge in [0.05, 0.1) is 18.3 Å². The predicted molar refractivity (Wildman–Crippen MR) is 53.9 cm³/mol. The van der Waals surface area contributed by atoms with E-state index in [0.29, 0.717) is 18.3 Å². The summed E-state index contributed by atoms with van der Waals surface area (Å²) in [4.78, 5) is 0. The molecule has 0 aliphatic heterocycles. The van der Waals surface area contributed by atoms with Crippen LogP contribution in [0, 0.1) is 0 Å². The monoisotopic (exact) mass is 207 g/mol. The van der Waals surface area contributed by atoms with Crippen LogP contribution in [0.3, 0.4) is 0 Å². The number of hydrogen-bond donors (Lipinski definition) is 2. The van der Waals surface area contributed by atoms with Gasteiger partial charge in [-0.3, -0.25) is 5.10 Å². The predicted octanol–water partition coefficient (Wildman–Crippen LogP) is 0.959. The molecule has 0 aliphatic rings. The average molecular weight is 207 g/mol. The molecule has 0 amide bonds. The van der Waals surface area contributed by atoms with E-state index in [2.05, 4.69) is 32.6 Å². The molecular formula is C9H13N5O. The SMILES string of the molecule is CCCNCc1nnc(-c2cn[nH]c2)o1. The Morgan fingerprint density at radius 2 is 2.40 bits per heavy atom. The maximum atomic E-state index is 5.43. The van der Waals surface area contributed by atoms with Crippen LogP contribution in [0.4, 0.5) is 0 Å². The van der Waals surface area contributed by atoms with Crippen LogP contribution in [-0.2, 0) is 6.54 Å². The van der Waals surface area contributed by atoms with Crippen molar-refractivity contribution in [3.63, 3.8) is 0 Å². The lowest BCUT2D eigenvalue weighted by molar-refractivity contribution is 0.477. The van der Waals surface area contributed by atoms with Crippen LogP contribution in [0.25, 0.3) is 11.5 Å². The first-order chi connectivity index (χ1) is 7.40. The molecule has 0 saturated carbocycles. The Bertz CT molecular complexity index is 394. The molecule has 2 aromatic heterocycles. The van der Waals surface area contributed by atoms with E-state index in [4.69, 9.17) is 4.42 Å². The van der Waals surface area contributed by atoms with Crippen molar-refractivity contribution in [2.24, 2.45) is 0 Å². The number of nitrogens with zero attached hydrogens (tertiary/aromatic N) is 3. The molecule has 0 aliphatic carbocycles. The van der Waals surface area contributed by atoms with E-state index in [0.717, 1.165) is 18.5 Å². The van der Waals surface area contributed by atoms with Gasteiger partial charge in [-0.25, -0.2) is 0 Å². The fourth-order valence-corrected chi connectivity index (χ4v) is 1.18. The van der Waals surface area contributed by atoms with Gasteiger partial charge in [0.15, 0.2) is 0 Å². The highest BCUT2D eigenvalue weighted by Gasteiger charge is 2.08. The molecular weight excluding hydrogens is 194 g/mol. The fourth-order valence-electron chi connectivity index (χ4n) is 1.18. The zero-order chi connectivity index (χ0) is 10.5. The van der Waals surface area contributed by atoms with Crippen molar-refractivity contribution < 1.29 is 4.42 Å². The molecule has 0 spiro atoms. The van der Waals surface area contributed by atoms with E-state index in [-0.39, 0.29) is 0 Å². The van der Waals surface area contributed by atoms with Crippen molar-refractivity contribution >= 4 is 0 Å². The van der Waals surface area contributed by atoms with Crippen molar-refractivity contribution in [1.29, 1.82) is 0 Å². The molecule has 0 unspecified atom stereocenters. The van der Waals surface area contributed by atoms with E-state index in [1.165, 1.54) is 0 Å². The fraction of sp³-hybridized carbons (Fsp3) is 0.444. The van der Waals surface area contributed by atoms with Gasteiger partial charge in [0.2, 0.25) is 5.89 Å². The van der Waals surface area contributed by atoms with Crippen molar-refractivity contribution in [1.82, 2.24) is 25.7 Å². The number of aromatic amines is 1. The maximum absolute atomic E-state index is 5.43. The highest BCUT2D eigenvalue weighted by atomic mass is 16.4. The standard InChI is InChI=1S/C9H13N5O/c1-2-3-10-6-8-13-14-9(15-8)7-4-11-12-5-7/h4-5,10H,2-3,6H2,1H3,(H,11,12). The molecule has 0 saturated heterocycles. The van der Waals surface area contributed by atoms with Gasteiger partial charge in [-0.15, -0.1) is 10.2 Å². The highest BCUT2D eigenvalue weighted by molar-refractivity contribution is 5.48. The largest absolute Gasteiger partial charge is 0.419 e. The van der Waals surface area contributed by atoms with Crippen LogP contribution in [-0.4, -0.2) is 26.9 Å². The van der Waals surface area contributed by atoms with Crippen molar-refractivity contribution in [3.8, 4) is 11.5 Å². The van der Waals surface area contributed by atoms with E-state index in [1.54, 1.807) is 12.4 Å². The number of nitrogens with one attached hydrogen (secondary N) is 2. The zero-order valence-electron chi connectivity index (χ0n) is 8.53. The summed E-state index contributed by atoms with van der Waals surface area (Å²) in [6.45, 7) is 3.67. The van der Waals surface area contributed by atoms with Crippen LogP contribution in [0.15, 0.2) is 16.8 Å². The summed E-state index contributed by atoms with van der Waals surface area (Å²) in [6, 6.07) is 0. The van der Waals surface area contributed by atoms with Gasteiger partial charge in [-0.05, 0) is 13.0 Å². The zero-order valence-corrected chi connectivity index (χ0v) is 8.53. The van der Waals surface area contributed by atoms with Gasteiger partial charge in [0.1, 0.15) is 0 Å². The van der Waals surface area contributed by atoms with E-state index >= 15 is 0 Å². The van der Waals surface area contributed by atoms with Crippen LogP contribution < -0.4 is 5.32 Å². The van der Waals surface area contributed by atoms with Gasteiger partial charge in [-0.2, -0.15) is 5.10 Å². The first kappa shape index (κ1) is 9.85. The number of rotatable bonds is 5. The van der Waals surface area contributed by atoms with Crippen LogP contribution in [0.2, 0.25) is 0 Å². The summed E-state index contributed by atoms with van der Waals surface area (Å²) in [7, 11) is 0. The first-order valence-corrected chi connectivity index (χ1v) is 4.92. The topological polar surface area (TPSA) is 79.6 Å². The Labute approximate surface area is 87.1 Å². The minimum atomic E-state index is 0.497. The summed E-state index contributed by atoms with van der Waals surface area (Å²) >= 11 is 0. The van der Waals surface area contributed by atoms with Gasteiger partial charge in [-0.1, -0.05) is 6.92 Å². The van der Waals surface area contributed by atoms with E-state index < -0.39 is 0 Å². The Kier molecular flexibility index (Phi) is 3.08. The second-order valence-corrected chi connectivity index (χ2v) is 3.16. The minimum absolute atomic E-state index is 0.497. The normalized spacial score (nSPS) is 10.7. The molecule has 0 fully saturated rings. The third-order valence-electron chi connectivity index (χ3n) is 1.92. The van der Waals surface area contributed by atoms with Crippen LogP contribution >= 0.6 is 0 Å². The molecule has 2 N–H and O–H groups in total. The number of H-pyrrole nitrogens is 1. The lowest BCUT2D eigenvalue weighted by Crippen LogP contribution is -2.13. The lowest BCUT2D eigenvalue weighted by Gasteiger charge is -1.96. The molecule has 0 atom stereocenters. The number of hydrogen-bond acceptors (Lipinski definition) is 5. The Hall–Kier alpha value is -1.69. The lowest BCUT2D eigenvalue weighted by atomic mass is 10.4. The van der Waals surface area contributed by atoms with Gasteiger partial charge >= 0.3 is 0 Å². The second kappa shape index (κ2) is 4.70. The summed E-state index contributed by atoms with van der Waals surface area (Å²) in [6.07, 6.45) is 4.45. The third kappa shape index (κ3) is 2.41. The molecule has 6 nitrogen and oxygen atoms in total. The molecule has 15 heavy (non-hydrogen) atoms. The second-order valence-electron chi connectivity index (χ2n) is 3.16. The molecule has 0 bridgehead atoms. The summed E-state index contributed by atoms with van der Waals surface area (Å²) in [5.74, 6) is 1.09. The van der Waals surface area contributed by atoms with E-state index in [1.807, 2.05) is 0 Å². The molecule has 0 radical (unpaired) electrons. The van der Waals surface area contributed by atoms with E-state index in [9.17, 15) is 0 Å². The summed E-state index contributed by atoms with van der Waals surface area (Å²) < 4.78 is 5.43. The Balaban J connectivity index is 1.98. The smallest absolute Gasteiger partial charge is 0.250 e. The molecule has 2 heterocycles. The molecule has 2 aromatic rings. The maximum Gasteiger partial charge on any atom is 0.250 e. The van der Waals surface area contributed by atoms with Crippen LogP contribution in [0.5, 0.6) is 0 Å². The molecule has 2 rings (SSSR count). The molecule has 6 heteroatoms. The highest BCUT2D eigenvalue weighted by Crippen LogP contribution is 2.14. The summed E-state index contributed by atoms with van der Waals surface area (Å²) in [5, 5.41) is 17.5. The first-order valence-electron chi connectivity index (χ1n) is 4.92.